The van der Waals surface area contributed by atoms with Crippen LogP contribution in [0.5, 0.6) is 0 Å². The molecule has 9 nitrogen and oxygen atoms in total. The van der Waals surface area contributed by atoms with Crippen LogP contribution in [0.15, 0.2) is 0 Å². The number of phosphoric acid groups is 2. The van der Waals surface area contributed by atoms with Crippen molar-refractivity contribution in [3.8, 4) is 0 Å². The van der Waals surface area contributed by atoms with E-state index in [9.17, 15) is 0 Å². The standard InChI is InChI=1S/Ca.Mg.H3N.2H3O4P/c;;;2*1-5(2,3)4/h;;1H3;2*(H3,1,2,3,4)/q2*+2;;;/p-4. The summed E-state index contributed by atoms with van der Waals surface area (Å²) in [7, 11) is -10.3. The molecule has 5 N–H and O–H groups in total. The van der Waals surface area contributed by atoms with Crippen LogP contribution in [0.3, 0.4) is 0 Å². The largest absolute Gasteiger partial charge is 2.00 e. The average molecular weight is 273 g/mol. The zero-order chi connectivity index (χ0) is 9.00. The van der Waals surface area contributed by atoms with Gasteiger partial charge in [-0.1, -0.05) is 0 Å². The molecule has 0 amide bonds. The van der Waals surface area contributed by atoms with Gasteiger partial charge in [-0.05, 0) is 0 Å². The summed E-state index contributed by atoms with van der Waals surface area (Å²) < 4.78 is 17.3. The van der Waals surface area contributed by atoms with E-state index in [0.717, 1.165) is 0 Å². The minimum absolute atomic E-state index is 0. The SMILES string of the molecule is N.O=P([O-])([O-])O.O=P([O-])([O-])O.[Ca+2].[Mg+2]. The van der Waals surface area contributed by atoms with E-state index in [1.165, 1.54) is 0 Å². The van der Waals surface area contributed by atoms with E-state index < -0.39 is 15.6 Å². The number of hydrogen-bond donors (Lipinski definition) is 3. The molecule has 0 bridgehead atoms. The summed E-state index contributed by atoms with van der Waals surface area (Å²) in [5.41, 5.74) is 0. The van der Waals surface area contributed by atoms with Crippen molar-refractivity contribution >= 4 is 76.4 Å². The quantitative estimate of drug-likeness (QED) is 0.285. The van der Waals surface area contributed by atoms with Gasteiger partial charge >= 0.3 is 60.8 Å². The zero-order valence-electron chi connectivity index (χ0n) is 6.36. The van der Waals surface area contributed by atoms with E-state index >= 15 is 0 Å². The first-order chi connectivity index (χ1) is 4.00. The van der Waals surface area contributed by atoms with E-state index in [0.29, 0.717) is 0 Å². The van der Waals surface area contributed by atoms with Crippen molar-refractivity contribution in [2.75, 3.05) is 0 Å². The summed E-state index contributed by atoms with van der Waals surface area (Å²) in [5, 5.41) is 0. The molecule has 0 aliphatic carbocycles. The second-order valence-electron chi connectivity index (χ2n) is 0.937. The third kappa shape index (κ3) is 435. The summed E-state index contributed by atoms with van der Waals surface area (Å²) >= 11 is 0. The Morgan fingerprint density at radius 3 is 0.846 bits per heavy atom. The Morgan fingerprint density at radius 2 is 0.846 bits per heavy atom. The van der Waals surface area contributed by atoms with Gasteiger partial charge in [0.2, 0.25) is 0 Å². The Balaban J connectivity index is -0.0000000267. The Hall–Kier alpha value is 2.21. The first-order valence-electron chi connectivity index (χ1n) is 1.50. The minimum Gasteiger partial charge on any atom is -0.790 e. The van der Waals surface area contributed by atoms with Crippen LogP contribution in [0.25, 0.3) is 0 Å². The topological polar surface area (TPSA) is 202 Å². The van der Waals surface area contributed by atoms with Crippen molar-refractivity contribution in [3.63, 3.8) is 0 Å². The Morgan fingerprint density at radius 1 is 0.846 bits per heavy atom. The number of rotatable bonds is 0. The van der Waals surface area contributed by atoms with Crippen molar-refractivity contribution in [2.24, 2.45) is 0 Å². The molecule has 13 heavy (non-hydrogen) atoms. The molecule has 0 unspecified atom stereocenters. The Kier molecular flexibility index (Phi) is 27.8. The summed E-state index contributed by atoms with van der Waals surface area (Å²) in [6, 6.07) is 0. The van der Waals surface area contributed by atoms with Gasteiger partial charge in [0.15, 0.2) is 0 Å². The first-order valence-corrected chi connectivity index (χ1v) is 4.49. The zero-order valence-corrected chi connectivity index (χ0v) is 11.8. The van der Waals surface area contributed by atoms with E-state index in [4.69, 9.17) is 38.5 Å². The van der Waals surface area contributed by atoms with Crippen molar-refractivity contribution in [3.05, 3.63) is 0 Å². The third-order valence-electron chi connectivity index (χ3n) is 0. The van der Waals surface area contributed by atoms with E-state index in [1.54, 1.807) is 0 Å². The molecule has 0 aromatic carbocycles. The molecular formula is H5CaMgNO8P2. The van der Waals surface area contributed by atoms with Crippen LogP contribution in [0.4, 0.5) is 0 Å². The molecule has 0 heterocycles. The van der Waals surface area contributed by atoms with Crippen molar-refractivity contribution < 1.29 is 38.5 Å². The van der Waals surface area contributed by atoms with Gasteiger partial charge in [-0.25, -0.2) is 0 Å². The van der Waals surface area contributed by atoms with E-state index in [2.05, 4.69) is 0 Å². The van der Waals surface area contributed by atoms with Crippen LogP contribution >= 0.6 is 15.6 Å². The molecule has 0 atom stereocenters. The third-order valence-corrected chi connectivity index (χ3v) is 0. The van der Waals surface area contributed by atoms with Crippen molar-refractivity contribution in [1.29, 1.82) is 0 Å². The summed E-state index contributed by atoms with van der Waals surface area (Å²) in [6.07, 6.45) is 0. The molecule has 0 spiro atoms. The molecule has 0 aliphatic rings. The monoisotopic (exact) mass is 273 g/mol. The molecule has 0 radical (unpaired) electrons. The van der Waals surface area contributed by atoms with Crippen LogP contribution in [-0.4, -0.2) is 70.6 Å². The van der Waals surface area contributed by atoms with Crippen LogP contribution in [0.1, 0.15) is 0 Å². The molecule has 0 aliphatic heterocycles. The van der Waals surface area contributed by atoms with Crippen LogP contribution < -0.4 is 25.7 Å². The fraction of sp³-hybridized carbons (Fsp3) is 0. The fourth-order valence-corrected chi connectivity index (χ4v) is 0. The van der Waals surface area contributed by atoms with Gasteiger partial charge in [-0.2, -0.15) is 0 Å². The van der Waals surface area contributed by atoms with Gasteiger partial charge in [0, 0.05) is 0 Å². The van der Waals surface area contributed by atoms with Gasteiger partial charge in [-0.15, -0.1) is 0 Å². The fourth-order valence-electron chi connectivity index (χ4n) is 0. The molecular weight excluding hydrogens is 268 g/mol. The maximum atomic E-state index is 8.66. The van der Waals surface area contributed by atoms with Gasteiger partial charge in [-0.3, -0.25) is 0 Å². The first kappa shape index (κ1) is 29.5. The normalized spacial score (nSPS) is 9.08. The summed E-state index contributed by atoms with van der Waals surface area (Å²) in [4.78, 5) is 48.6. The molecule has 13 heteroatoms. The maximum Gasteiger partial charge on any atom is 2.00 e. The average Bonchev–Trinajstić information content (AvgIpc) is 1.12. The molecule has 0 rings (SSSR count). The van der Waals surface area contributed by atoms with Gasteiger partial charge in [0.25, 0.3) is 0 Å². The van der Waals surface area contributed by atoms with Crippen LogP contribution in [0.2, 0.25) is 0 Å². The molecule has 72 valence electrons. The van der Waals surface area contributed by atoms with Crippen LogP contribution in [0, 0.1) is 0 Å². The smallest absolute Gasteiger partial charge is 0.790 e. The van der Waals surface area contributed by atoms with E-state index in [1.807, 2.05) is 0 Å². The van der Waals surface area contributed by atoms with Crippen molar-refractivity contribution in [2.45, 2.75) is 0 Å². The predicted octanol–water partition coefficient (Wildman–Crippen LogP) is -4.98. The van der Waals surface area contributed by atoms with Gasteiger partial charge in [0.05, 0.1) is 15.6 Å². The van der Waals surface area contributed by atoms with Crippen LogP contribution in [-0.2, 0) is 9.13 Å². The predicted molar refractivity (Wildman–Crippen MR) is 36.2 cm³/mol. The summed E-state index contributed by atoms with van der Waals surface area (Å²) in [6.45, 7) is 0. The molecule has 0 fully saturated rings. The second kappa shape index (κ2) is 12.3. The molecule has 0 aromatic heterocycles. The maximum absolute atomic E-state index is 8.66. The Bertz CT molecular complexity index is 134. The molecule has 0 aromatic rings. The van der Waals surface area contributed by atoms with Gasteiger partial charge < -0.3 is 44.6 Å². The second-order valence-corrected chi connectivity index (χ2v) is 2.81. The molecule has 0 saturated carbocycles. The van der Waals surface area contributed by atoms with E-state index in [-0.39, 0.29) is 66.9 Å². The van der Waals surface area contributed by atoms with Crippen molar-refractivity contribution in [1.82, 2.24) is 6.15 Å². The number of hydrogen-bond acceptors (Lipinski definition) is 7. The molecule has 0 saturated heterocycles. The Labute approximate surface area is 120 Å². The minimum atomic E-state index is -5.14. The van der Waals surface area contributed by atoms with Gasteiger partial charge in [0.1, 0.15) is 0 Å². The summed E-state index contributed by atoms with van der Waals surface area (Å²) in [5.74, 6) is 0.